The van der Waals surface area contributed by atoms with Crippen LogP contribution in [0, 0.1) is 0 Å². The Bertz CT molecular complexity index is 146. The molecule has 0 unspecified atom stereocenters. The largest absolute Gasteiger partial charge is 0.384 e. The number of ether oxygens (including phenoxy) is 1. The summed E-state index contributed by atoms with van der Waals surface area (Å²) in [6, 6.07) is 2.05. The van der Waals surface area contributed by atoms with E-state index in [1.54, 1.807) is 7.11 Å². The second kappa shape index (κ2) is 3.30. The number of rotatable bonds is 3. The number of aromatic nitrogens is 1. The predicted octanol–water partition coefficient (Wildman–Crippen LogP) is 1.20. The van der Waals surface area contributed by atoms with E-state index >= 15 is 0 Å². The SMILES string of the molecule is COCCc1cc[nH]c1. The van der Waals surface area contributed by atoms with Gasteiger partial charge in [-0.05, 0) is 18.1 Å². The zero-order valence-corrected chi connectivity index (χ0v) is 5.55. The normalized spacial score (nSPS) is 9.89. The molecule has 1 rings (SSSR count). The zero-order valence-electron chi connectivity index (χ0n) is 5.55. The van der Waals surface area contributed by atoms with E-state index in [0.29, 0.717) is 0 Å². The summed E-state index contributed by atoms with van der Waals surface area (Å²) < 4.78 is 4.90. The van der Waals surface area contributed by atoms with Gasteiger partial charge in [0.05, 0.1) is 6.61 Å². The number of H-pyrrole nitrogens is 1. The van der Waals surface area contributed by atoms with Crippen molar-refractivity contribution in [1.82, 2.24) is 4.98 Å². The summed E-state index contributed by atoms with van der Waals surface area (Å²) in [6.45, 7) is 0.803. The van der Waals surface area contributed by atoms with E-state index in [2.05, 4.69) is 11.1 Å². The molecule has 0 aromatic carbocycles. The molecule has 0 aliphatic carbocycles. The molecule has 0 amide bonds. The minimum Gasteiger partial charge on any atom is -0.384 e. The molecule has 9 heavy (non-hydrogen) atoms. The van der Waals surface area contributed by atoms with Crippen LogP contribution in [0.1, 0.15) is 5.56 Å². The van der Waals surface area contributed by atoms with E-state index in [-0.39, 0.29) is 0 Å². The third kappa shape index (κ3) is 1.90. The summed E-state index contributed by atoms with van der Waals surface area (Å²) >= 11 is 0. The number of nitrogens with one attached hydrogen (secondary N) is 1. The van der Waals surface area contributed by atoms with Gasteiger partial charge in [0.1, 0.15) is 0 Å². The van der Waals surface area contributed by atoms with E-state index < -0.39 is 0 Å². The summed E-state index contributed by atoms with van der Waals surface area (Å²) in [5.41, 5.74) is 1.30. The topological polar surface area (TPSA) is 25.0 Å². The Morgan fingerprint density at radius 1 is 1.67 bits per heavy atom. The van der Waals surface area contributed by atoms with Crippen molar-refractivity contribution in [3.05, 3.63) is 24.0 Å². The molecule has 0 fully saturated rings. The molecule has 0 saturated carbocycles. The summed E-state index contributed by atoms with van der Waals surface area (Å²) in [5.74, 6) is 0. The van der Waals surface area contributed by atoms with Crippen LogP contribution >= 0.6 is 0 Å². The molecule has 0 radical (unpaired) electrons. The van der Waals surface area contributed by atoms with Crippen LogP contribution in [0.5, 0.6) is 0 Å². The van der Waals surface area contributed by atoms with Crippen molar-refractivity contribution in [2.24, 2.45) is 0 Å². The van der Waals surface area contributed by atoms with Crippen molar-refractivity contribution in [1.29, 1.82) is 0 Å². The quantitative estimate of drug-likeness (QED) is 0.645. The standard InChI is InChI=1S/C7H11NO/c1-9-5-3-7-2-4-8-6-7/h2,4,6,8H,3,5H2,1H3. The molecule has 50 valence electrons. The van der Waals surface area contributed by atoms with Crippen LogP contribution < -0.4 is 0 Å². The van der Waals surface area contributed by atoms with Crippen molar-refractivity contribution in [2.45, 2.75) is 6.42 Å². The summed E-state index contributed by atoms with van der Waals surface area (Å²) in [6.07, 6.45) is 4.91. The molecule has 2 heteroatoms. The van der Waals surface area contributed by atoms with Crippen LogP contribution in [0.3, 0.4) is 0 Å². The molecule has 0 spiro atoms. The smallest absolute Gasteiger partial charge is 0.0503 e. The molecule has 0 bridgehead atoms. The fourth-order valence-electron chi connectivity index (χ4n) is 0.734. The van der Waals surface area contributed by atoms with Crippen LogP contribution in [0.2, 0.25) is 0 Å². The molecular weight excluding hydrogens is 114 g/mol. The highest BCUT2D eigenvalue weighted by Gasteiger charge is 1.88. The third-order valence-electron chi connectivity index (χ3n) is 1.26. The highest BCUT2D eigenvalue weighted by molar-refractivity contribution is 5.07. The Kier molecular flexibility index (Phi) is 2.33. The Balaban J connectivity index is 2.30. The van der Waals surface area contributed by atoms with Crippen molar-refractivity contribution in [3.63, 3.8) is 0 Å². The van der Waals surface area contributed by atoms with Crippen molar-refractivity contribution in [3.8, 4) is 0 Å². The molecule has 0 saturated heterocycles. The average Bonchev–Trinajstić information content (AvgIpc) is 2.34. The van der Waals surface area contributed by atoms with Crippen LogP contribution in [0.25, 0.3) is 0 Å². The lowest BCUT2D eigenvalue weighted by Crippen LogP contribution is -1.91. The van der Waals surface area contributed by atoms with Gasteiger partial charge < -0.3 is 9.72 Å². The minimum absolute atomic E-state index is 0.803. The first-order valence-corrected chi connectivity index (χ1v) is 3.04. The molecule has 0 atom stereocenters. The lowest BCUT2D eigenvalue weighted by atomic mass is 10.3. The molecule has 1 heterocycles. The monoisotopic (exact) mass is 125 g/mol. The van der Waals surface area contributed by atoms with Crippen molar-refractivity contribution >= 4 is 0 Å². The van der Waals surface area contributed by atoms with Gasteiger partial charge in [0.15, 0.2) is 0 Å². The molecular formula is C7H11NO. The van der Waals surface area contributed by atoms with Crippen molar-refractivity contribution in [2.75, 3.05) is 13.7 Å². The maximum Gasteiger partial charge on any atom is 0.0503 e. The number of aromatic amines is 1. The highest BCUT2D eigenvalue weighted by atomic mass is 16.5. The van der Waals surface area contributed by atoms with E-state index in [1.807, 2.05) is 12.4 Å². The van der Waals surface area contributed by atoms with Gasteiger partial charge in [0, 0.05) is 19.5 Å². The van der Waals surface area contributed by atoms with Crippen LogP contribution in [0.4, 0.5) is 0 Å². The van der Waals surface area contributed by atoms with Gasteiger partial charge in [-0.15, -0.1) is 0 Å². The van der Waals surface area contributed by atoms with E-state index in [4.69, 9.17) is 4.74 Å². The molecule has 1 aromatic rings. The molecule has 0 aliphatic heterocycles. The van der Waals surface area contributed by atoms with Gasteiger partial charge in [-0.2, -0.15) is 0 Å². The Labute approximate surface area is 54.8 Å². The number of hydrogen-bond acceptors (Lipinski definition) is 1. The summed E-state index contributed by atoms with van der Waals surface area (Å²) in [5, 5.41) is 0. The molecule has 1 aromatic heterocycles. The fraction of sp³-hybridized carbons (Fsp3) is 0.429. The molecule has 1 N–H and O–H groups in total. The second-order valence-electron chi connectivity index (χ2n) is 1.96. The van der Waals surface area contributed by atoms with Gasteiger partial charge in [-0.25, -0.2) is 0 Å². The number of methoxy groups -OCH3 is 1. The second-order valence-corrected chi connectivity index (χ2v) is 1.96. The number of hydrogen-bond donors (Lipinski definition) is 1. The van der Waals surface area contributed by atoms with Crippen LogP contribution in [0.15, 0.2) is 18.5 Å². The Morgan fingerprint density at radius 3 is 3.11 bits per heavy atom. The van der Waals surface area contributed by atoms with Crippen molar-refractivity contribution < 1.29 is 4.74 Å². The van der Waals surface area contributed by atoms with Gasteiger partial charge >= 0.3 is 0 Å². The first-order chi connectivity index (χ1) is 4.43. The minimum atomic E-state index is 0.803. The van der Waals surface area contributed by atoms with E-state index in [9.17, 15) is 0 Å². The van der Waals surface area contributed by atoms with Crippen LogP contribution in [-0.2, 0) is 11.2 Å². The maximum absolute atomic E-state index is 4.90. The average molecular weight is 125 g/mol. The molecule has 2 nitrogen and oxygen atoms in total. The first-order valence-electron chi connectivity index (χ1n) is 3.04. The maximum atomic E-state index is 4.90. The van der Waals surface area contributed by atoms with E-state index in [1.165, 1.54) is 5.56 Å². The van der Waals surface area contributed by atoms with E-state index in [0.717, 1.165) is 13.0 Å². The zero-order chi connectivity index (χ0) is 6.53. The first kappa shape index (κ1) is 6.36. The Hall–Kier alpha value is -0.760. The van der Waals surface area contributed by atoms with Gasteiger partial charge in [0.25, 0.3) is 0 Å². The third-order valence-corrected chi connectivity index (χ3v) is 1.26. The lowest BCUT2D eigenvalue weighted by molar-refractivity contribution is 0.202. The predicted molar refractivity (Wildman–Crippen MR) is 36.4 cm³/mol. The lowest BCUT2D eigenvalue weighted by Gasteiger charge is -1.92. The van der Waals surface area contributed by atoms with Gasteiger partial charge in [0.2, 0.25) is 0 Å². The van der Waals surface area contributed by atoms with Gasteiger partial charge in [-0.1, -0.05) is 0 Å². The Morgan fingerprint density at radius 2 is 2.56 bits per heavy atom. The van der Waals surface area contributed by atoms with Crippen LogP contribution in [-0.4, -0.2) is 18.7 Å². The highest BCUT2D eigenvalue weighted by Crippen LogP contribution is 1.96. The van der Waals surface area contributed by atoms with Gasteiger partial charge in [-0.3, -0.25) is 0 Å². The summed E-state index contributed by atoms with van der Waals surface area (Å²) in [7, 11) is 1.71. The molecule has 0 aliphatic rings. The fourth-order valence-corrected chi connectivity index (χ4v) is 0.734. The summed E-state index contributed by atoms with van der Waals surface area (Å²) in [4.78, 5) is 2.98.